The molecule has 31 heavy (non-hydrogen) atoms. The predicted octanol–water partition coefficient (Wildman–Crippen LogP) is 2.97. The highest BCUT2D eigenvalue weighted by Gasteiger charge is 2.69. The molecule has 3 aliphatic carbocycles. The molecule has 3 fully saturated rings. The minimum absolute atomic E-state index is 0.00304. The minimum Gasteiger partial charge on any atom is -0.484 e. The normalized spacial score (nSPS) is 23.6. The van der Waals surface area contributed by atoms with E-state index < -0.39 is 5.82 Å². The van der Waals surface area contributed by atoms with Crippen molar-refractivity contribution in [3.63, 3.8) is 0 Å². The SMILES string of the molecule is Cn1nc(C(=O)NC23CC(NC(=O)COc4ccc(Cl)c(F)c4)(C2)C3)c2ccccc21. The number of aromatic nitrogens is 2. The molecule has 7 nitrogen and oxygen atoms in total. The van der Waals surface area contributed by atoms with Gasteiger partial charge in [0.05, 0.1) is 10.5 Å². The number of halogens is 2. The number of carbonyl (C=O) groups excluding carboxylic acids is 2. The number of aryl methyl sites for hydroxylation is 1. The van der Waals surface area contributed by atoms with Gasteiger partial charge >= 0.3 is 0 Å². The number of benzene rings is 2. The second-order valence-electron chi connectivity index (χ2n) is 8.45. The van der Waals surface area contributed by atoms with Gasteiger partial charge in [-0.05, 0) is 37.5 Å². The van der Waals surface area contributed by atoms with Crippen molar-refractivity contribution in [1.29, 1.82) is 0 Å². The molecule has 160 valence electrons. The first-order chi connectivity index (χ1) is 14.8. The van der Waals surface area contributed by atoms with Crippen molar-refractivity contribution in [1.82, 2.24) is 20.4 Å². The number of hydrogen-bond acceptors (Lipinski definition) is 4. The van der Waals surface area contributed by atoms with Crippen LogP contribution in [0.4, 0.5) is 4.39 Å². The lowest BCUT2D eigenvalue weighted by Crippen LogP contribution is -2.84. The highest BCUT2D eigenvalue weighted by atomic mass is 35.5. The van der Waals surface area contributed by atoms with Gasteiger partial charge in [-0.2, -0.15) is 5.10 Å². The summed E-state index contributed by atoms with van der Waals surface area (Å²) in [5.41, 5.74) is 0.688. The van der Waals surface area contributed by atoms with Crippen LogP contribution in [0.1, 0.15) is 29.8 Å². The summed E-state index contributed by atoms with van der Waals surface area (Å²) in [7, 11) is 1.81. The van der Waals surface area contributed by atoms with Gasteiger partial charge in [0.15, 0.2) is 12.3 Å². The number of nitrogens with zero attached hydrogens (tertiary/aromatic N) is 2. The van der Waals surface area contributed by atoms with Crippen molar-refractivity contribution in [3.8, 4) is 5.75 Å². The Balaban J connectivity index is 1.14. The van der Waals surface area contributed by atoms with E-state index in [-0.39, 0.29) is 40.3 Å². The van der Waals surface area contributed by atoms with E-state index in [0.717, 1.165) is 17.0 Å². The molecule has 3 aromatic rings. The number of amides is 2. The van der Waals surface area contributed by atoms with Crippen molar-refractivity contribution in [2.75, 3.05) is 6.61 Å². The second kappa shape index (κ2) is 6.95. The third-order valence-electron chi connectivity index (χ3n) is 6.05. The van der Waals surface area contributed by atoms with Gasteiger partial charge in [-0.1, -0.05) is 29.8 Å². The summed E-state index contributed by atoms with van der Waals surface area (Å²) in [5, 5.41) is 11.2. The van der Waals surface area contributed by atoms with Crippen LogP contribution >= 0.6 is 11.6 Å². The number of hydrogen-bond donors (Lipinski definition) is 2. The molecular formula is C22H20ClFN4O3. The van der Waals surface area contributed by atoms with Gasteiger partial charge in [0.25, 0.3) is 11.8 Å². The Kier molecular flexibility index (Phi) is 4.44. The molecule has 2 N–H and O–H groups in total. The number of ether oxygens (including phenoxy) is 1. The first-order valence-corrected chi connectivity index (χ1v) is 10.3. The first kappa shape index (κ1) is 19.8. The van der Waals surface area contributed by atoms with Gasteiger partial charge in [-0.15, -0.1) is 0 Å². The zero-order valence-corrected chi connectivity index (χ0v) is 17.5. The summed E-state index contributed by atoms with van der Waals surface area (Å²) >= 11 is 5.64. The fraction of sp³-hybridized carbons (Fsp3) is 0.318. The molecule has 2 amide bonds. The van der Waals surface area contributed by atoms with E-state index in [0.29, 0.717) is 25.0 Å². The second-order valence-corrected chi connectivity index (χ2v) is 8.85. The predicted molar refractivity (Wildman–Crippen MR) is 113 cm³/mol. The standard InChI is InChI=1S/C22H20ClFN4O3/c1-28-17-5-3-2-4-14(17)19(27-28)20(30)26-22-10-21(11-22,12-22)25-18(29)9-31-13-6-7-15(23)16(24)8-13/h2-8H,9-12H2,1H3,(H,25,29)(H,26,30). The number of para-hydroxylation sites is 1. The van der Waals surface area contributed by atoms with Crippen LogP contribution in [0.25, 0.3) is 10.9 Å². The average Bonchev–Trinajstić information content (AvgIpc) is 3.03. The molecule has 6 rings (SSSR count). The minimum atomic E-state index is -0.600. The summed E-state index contributed by atoms with van der Waals surface area (Å²) in [6.07, 6.45) is 1.99. The molecule has 9 heteroatoms. The Morgan fingerprint density at radius 1 is 1.16 bits per heavy atom. The Hall–Kier alpha value is -3.13. The lowest BCUT2D eigenvalue weighted by molar-refractivity contribution is -0.141. The Morgan fingerprint density at radius 3 is 2.61 bits per heavy atom. The summed E-state index contributed by atoms with van der Waals surface area (Å²) < 4.78 is 20.5. The van der Waals surface area contributed by atoms with Gasteiger partial charge in [-0.3, -0.25) is 14.3 Å². The van der Waals surface area contributed by atoms with Crippen LogP contribution in [0.2, 0.25) is 5.02 Å². The maximum absolute atomic E-state index is 13.4. The molecule has 0 unspecified atom stereocenters. The molecule has 3 aliphatic rings. The zero-order valence-electron chi connectivity index (χ0n) is 16.7. The molecule has 0 saturated heterocycles. The van der Waals surface area contributed by atoms with E-state index in [1.165, 1.54) is 12.1 Å². The van der Waals surface area contributed by atoms with Crippen molar-refractivity contribution in [2.24, 2.45) is 7.05 Å². The zero-order chi connectivity index (χ0) is 21.8. The van der Waals surface area contributed by atoms with Gasteiger partial charge < -0.3 is 15.4 Å². The van der Waals surface area contributed by atoms with Crippen LogP contribution in [-0.4, -0.2) is 39.3 Å². The topological polar surface area (TPSA) is 85.3 Å². The van der Waals surface area contributed by atoms with Crippen molar-refractivity contribution < 1.29 is 18.7 Å². The summed E-state index contributed by atoms with van der Waals surface area (Å²) in [6, 6.07) is 11.6. The quantitative estimate of drug-likeness (QED) is 0.614. The van der Waals surface area contributed by atoms with Crippen molar-refractivity contribution in [3.05, 3.63) is 59.0 Å². The summed E-state index contributed by atoms with van der Waals surface area (Å²) in [6.45, 7) is -0.220. The van der Waals surface area contributed by atoms with E-state index >= 15 is 0 Å². The molecular weight excluding hydrogens is 423 g/mol. The van der Waals surface area contributed by atoms with Crippen LogP contribution in [0.5, 0.6) is 5.75 Å². The monoisotopic (exact) mass is 442 g/mol. The number of rotatable bonds is 6. The molecule has 1 aromatic heterocycles. The van der Waals surface area contributed by atoms with Crippen LogP contribution in [-0.2, 0) is 11.8 Å². The molecule has 2 bridgehead atoms. The molecule has 3 saturated carbocycles. The lowest BCUT2D eigenvalue weighted by Gasteiger charge is -2.70. The smallest absolute Gasteiger partial charge is 0.272 e. The highest BCUT2D eigenvalue weighted by molar-refractivity contribution is 6.30. The summed E-state index contributed by atoms with van der Waals surface area (Å²) in [5.74, 6) is -0.853. The van der Waals surface area contributed by atoms with Gasteiger partial charge in [0.2, 0.25) is 0 Å². The first-order valence-electron chi connectivity index (χ1n) is 9.91. The fourth-order valence-electron chi connectivity index (χ4n) is 4.78. The lowest BCUT2D eigenvalue weighted by atomic mass is 9.44. The van der Waals surface area contributed by atoms with Crippen LogP contribution < -0.4 is 15.4 Å². The van der Waals surface area contributed by atoms with Crippen LogP contribution in [0.3, 0.4) is 0 Å². The maximum Gasteiger partial charge on any atom is 0.272 e. The third kappa shape index (κ3) is 3.40. The van der Waals surface area contributed by atoms with Crippen molar-refractivity contribution in [2.45, 2.75) is 30.3 Å². The average molecular weight is 443 g/mol. The van der Waals surface area contributed by atoms with Crippen LogP contribution in [0.15, 0.2) is 42.5 Å². The van der Waals surface area contributed by atoms with E-state index in [1.54, 1.807) is 4.68 Å². The number of carbonyl (C=O) groups is 2. The van der Waals surface area contributed by atoms with Crippen molar-refractivity contribution >= 4 is 34.3 Å². The van der Waals surface area contributed by atoms with E-state index in [1.807, 2.05) is 31.3 Å². The fourth-order valence-corrected chi connectivity index (χ4v) is 4.90. The molecule has 0 atom stereocenters. The molecule has 0 radical (unpaired) electrons. The number of fused-ring (bicyclic) bond motifs is 1. The largest absolute Gasteiger partial charge is 0.484 e. The van der Waals surface area contributed by atoms with Gasteiger partial charge in [0, 0.05) is 29.6 Å². The molecule has 0 aliphatic heterocycles. The van der Waals surface area contributed by atoms with Gasteiger partial charge in [-0.25, -0.2) is 4.39 Å². The van der Waals surface area contributed by atoms with Gasteiger partial charge in [0.1, 0.15) is 11.6 Å². The van der Waals surface area contributed by atoms with Crippen LogP contribution in [0, 0.1) is 5.82 Å². The Labute approximate surface area is 182 Å². The highest BCUT2D eigenvalue weighted by Crippen LogP contribution is 2.60. The van der Waals surface area contributed by atoms with E-state index in [2.05, 4.69) is 15.7 Å². The Bertz CT molecular complexity index is 1200. The number of nitrogens with one attached hydrogen (secondary N) is 2. The molecule has 0 spiro atoms. The van der Waals surface area contributed by atoms with E-state index in [9.17, 15) is 14.0 Å². The molecule has 2 aromatic carbocycles. The maximum atomic E-state index is 13.4. The molecule has 1 heterocycles. The Morgan fingerprint density at radius 2 is 1.87 bits per heavy atom. The van der Waals surface area contributed by atoms with E-state index in [4.69, 9.17) is 16.3 Å². The summed E-state index contributed by atoms with van der Waals surface area (Å²) in [4.78, 5) is 25.1. The third-order valence-corrected chi connectivity index (χ3v) is 6.35.